The SMILES string of the molecule is C=CC1(F)CCc2nc3cc(C#Cc4ccccn4)ccc3c(=O)n2C1. The number of aromatic nitrogens is 3. The quantitative estimate of drug-likeness (QED) is 0.503. The van der Waals surface area contributed by atoms with Gasteiger partial charge in [-0.05, 0) is 42.7 Å². The van der Waals surface area contributed by atoms with Crippen LogP contribution in [0.15, 0.2) is 60.0 Å². The molecule has 0 spiro atoms. The molecule has 4 nitrogen and oxygen atoms in total. The van der Waals surface area contributed by atoms with E-state index in [0.29, 0.717) is 28.8 Å². The lowest BCUT2D eigenvalue weighted by Gasteiger charge is -2.29. The molecular weight excluding hydrogens is 329 g/mol. The topological polar surface area (TPSA) is 47.8 Å². The highest BCUT2D eigenvalue weighted by Gasteiger charge is 2.33. The van der Waals surface area contributed by atoms with Gasteiger partial charge in [-0.1, -0.05) is 24.6 Å². The van der Waals surface area contributed by atoms with Crippen LogP contribution in [0.25, 0.3) is 10.9 Å². The van der Waals surface area contributed by atoms with Crippen molar-refractivity contribution in [3.05, 3.63) is 82.7 Å². The maximum absolute atomic E-state index is 14.6. The highest BCUT2D eigenvalue weighted by atomic mass is 19.1. The average Bonchev–Trinajstić information content (AvgIpc) is 2.68. The van der Waals surface area contributed by atoms with Crippen LogP contribution in [0, 0.1) is 11.8 Å². The van der Waals surface area contributed by atoms with Crippen LogP contribution in [0.1, 0.15) is 23.5 Å². The second-order valence-corrected chi connectivity index (χ2v) is 6.35. The highest BCUT2D eigenvalue weighted by molar-refractivity contribution is 5.79. The molecule has 0 saturated heterocycles. The minimum atomic E-state index is -1.56. The zero-order chi connectivity index (χ0) is 18.1. The summed E-state index contributed by atoms with van der Waals surface area (Å²) in [7, 11) is 0. The van der Waals surface area contributed by atoms with Crippen molar-refractivity contribution in [2.45, 2.75) is 25.1 Å². The Morgan fingerprint density at radius 3 is 2.92 bits per heavy atom. The van der Waals surface area contributed by atoms with Gasteiger partial charge in [0.1, 0.15) is 17.2 Å². The lowest BCUT2D eigenvalue weighted by atomic mass is 9.95. The molecule has 0 radical (unpaired) electrons. The first kappa shape index (κ1) is 16.2. The fourth-order valence-electron chi connectivity index (χ4n) is 3.10. The summed E-state index contributed by atoms with van der Waals surface area (Å²) >= 11 is 0. The Bertz CT molecular complexity index is 1120. The molecule has 128 valence electrons. The molecule has 1 unspecified atom stereocenters. The molecule has 0 amide bonds. The van der Waals surface area contributed by atoms with E-state index in [9.17, 15) is 9.18 Å². The zero-order valence-electron chi connectivity index (χ0n) is 14.1. The van der Waals surface area contributed by atoms with Gasteiger partial charge in [0.2, 0.25) is 0 Å². The molecule has 0 bridgehead atoms. The van der Waals surface area contributed by atoms with Crippen molar-refractivity contribution < 1.29 is 4.39 Å². The number of pyridine rings is 1. The molecule has 2 aromatic heterocycles. The van der Waals surface area contributed by atoms with Gasteiger partial charge in [-0.3, -0.25) is 9.36 Å². The molecule has 5 heteroatoms. The third-order valence-corrected chi connectivity index (χ3v) is 4.59. The monoisotopic (exact) mass is 345 g/mol. The molecule has 1 aliphatic rings. The van der Waals surface area contributed by atoms with E-state index in [2.05, 4.69) is 28.4 Å². The Hall–Kier alpha value is -3.26. The number of aryl methyl sites for hydroxylation is 1. The van der Waals surface area contributed by atoms with Crippen LogP contribution in [0.2, 0.25) is 0 Å². The molecule has 0 N–H and O–H groups in total. The van der Waals surface area contributed by atoms with Crippen molar-refractivity contribution in [1.82, 2.24) is 14.5 Å². The molecule has 3 aromatic rings. The van der Waals surface area contributed by atoms with Crippen LogP contribution < -0.4 is 5.56 Å². The van der Waals surface area contributed by atoms with E-state index in [-0.39, 0.29) is 18.5 Å². The Labute approximate surface area is 150 Å². The second kappa shape index (κ2) is 6.23. The Morgan fingerprint density at radius 1 is 1.27 bits per heavy atom. The molecule has 1 aromatic carbocycles. The van der Waals surface area contributed by atoms with Gasteiger partial charge in [-0.2, -0.15) is 0 Å². The smallest absolute Gasteiger partial charge is 0.261 e. The Morgan fingerprint density at radius 2 is 2.15 bits per heavy atom. The van der Waals surface area contributed by atoms with Crippen molar-refractivity contribution in [2.24, 2.45) is 0 Å². The standard InChI is InChI=1S/C21H16FN3O/c1-2-21(22)11-10-19-24-18-13-15(6-8-16-5-3-4-12-23-16)7-9-17(18)20(26)25(19)14-21/h2-5,7,9,12-13H,1,10-11,14H2. The predicted molar refractivity (Wildman–Crippen MR) is 98.6 cm³/mol. The minimum absolute atomic E-state index is 0.0329. The molecule has 0 fully saturated rings. The van der Waals surface area contributed by atoms with E-state index in [1.54, 1.807) is 24.4 Å². The van der Waals surface area contributed by atoms with E-state index in [0.717, 1.165) is 5.56 Å². The van der Waals surface area contributed by atoms with Gasteiger partial charge < -0.3 is 0 Å². The van der Waals surface area contributed by atoms with Crippen molar-refractivity contribution in [1.29, 1.82) is 0 Å². The highest BCUT2D eigenvalue weighted by Crippen LogP contribution is 2.27. The average molecular weight is 345 g/mol. The number of fused-ring (bicyclic) bond motifs is 2. The number of halogens is 1. The number of hydrogen-bond acceptors (Lipinski definition) is 3. The normalized spacial score (nSPS) is 18.7. The fraction of sp³-hybridized carbons (Fsp3) is 0.190. The first-order valence-electron chi connectivity index (χ1n) is 8.37. The fourth-order valence-corrected chi connectivity index (χ4v) is 3.10. The maximum atomic E-state index is 14.6. The summed E-state index contributed by atoms with van der Waals surface area (Å²) in [6, 6.07) is 10.8. The molecule has 0 aliphatic carbocycles. The van der Waals surface area contributed by atoms with Crippen molar-refractivity contribution in [3.8, 4) is 11.8 Å². The van der Waals surface area contributed by atoms with Crippen molar-refractivity contribution in [3.63, 3.8) is 0 Å². The minimum Gasteiger partial charge on any atom is -0.293 e. The van der Waals surface area contributed by atoms with Crippen LogP contribution in [-0.2, 0) is 13.0 Å². The Kier molecular flexibility index (Phi) is 3.89. The molecule has 0 saturated carbocycles. The number of rotatable bonds is 1. The lowest BCUT2D eigenvalue weighted by Crippen LogP contribution is -2.40. The van der Waals surface area contributed by atoms with Gasteiger partial charge in [0.05, 0.1) is 17.4 Å². The van der Waals surface area contributed by atoms with Gasteiger partial charge in [-0.15, -0.1) is 0 Å². The predicted octanol–water partition coefficient (Wildman–Crippen LogP) is 3.03. The van der Waals surface area contributed by atoms with E-state index in [1.807, 2.05) is 18.2 Å². The van der Waals surface area contributed by atoms with Gasteiger partial charge in [0, 0.05) is 18.2 Å². The number of nitrogens with zero attached hydrogens (tertiary/aromatic N) is 3. The Balaban J connectivity index is 1.77. The van der Waals surface area contributed by atoms with Crippen LogP contribution in [-0.4, -0.2) is 20.2 Å². The van der Waals surface area contributed by atoms with Crippen molar-refractivity contribution in [2.75, 3.05) is 0 Å². The molecule has 1 aliphatic heterocycles. The van der Waals surface area contributed by atoms with Gasteiger partial charge in [0.15, 0.2) is 0 Å². The van der Waals surface area contributed by atoms with E-state index < -0.39 is 5.67 Å². The third-order valence-electron chi connectivity index (χ3n) is 4.59. The second-order valence-electron chi connectivity index (χ2n) is 6.35. The van der Waals surface area contributed by atoms with Crippen LogP contribution in [0.4, 0.5) is 4.39 Å². The van der Waals surface area contributed by atoms with Crippen LogP contribution >= 0.6 is 0 Å². The summed E-state index contributed by atoms with van der Waals surface area (Å²) in [5.74, 6) is 6.63. The van der Waals surface area contributed by atoms with Crippen LogP contribution in [0.5, 0.6) is 0 Å². The summed E-state index contributed by atoms with van der Waals surface area (Å²) in [6.07, 6.45) is 3.65. The first-order chi connectivity index (χ1) is 12.6. The van der Waals surface area contributed by atoms with Gasteiger partial charge in [-0.25, -0.2) is 14.4 Å². The largest absolute Gasteiger partial charge is 0.293 e. The van der Waals surface area contributed by atoms with E-state index >= 15 is 0 Å². The maximum Gasteiger partial charge on any atom is 0.261 e. The number of alkyl halides is 1. The molecule has 26 heavy (non-hydrogen) atoms. The lowest BCUT2D eigenvalue weighted by molar-refractivity contribution is 0.160. The number of hydrogen-bond donors (Lipinski definition) is 0. The summed E-state index contributed by atoms with van der Waals surface area (Å²) in [4.78, 5) is 21.5. The van der Waals surface area contributed by atoms with E-state index in [4.69, 9.17) is 0 Å². The third kappa shape index (κ3) is 2.91. The van der Waals surface area contributed by atoms with E-state index in [1.165, 1.54) is 10.6 Å². The molecule has 3 heterocycles. The summed E-state index contributed by atoms with van der Waals surface area (Å²) in [6.45, 7) is 3.51. The molecule has 4 rings (SSSR count). The number of allylic oxidation sites excluding steroid dienone is 1. The summed E-state index contributed by atoms with van der Waals surface area (Å²) in [5.41, 5.74) is 0.230. The zero-order valence-corrected chi connectivity index (χ0v) is 14.1. The van der Waals surface area contributed by atoms with Gasteiger partial charge in [0.25, 0.3) is 5.56 Å². The first-order valence-corrected chi connectivity index (χ1v) is 8.37. The van der Waals surface area contributed by atoms with Gasteiger partial charge >= 0.3 is 0 Å². The summed E-state index contributed by atoms with van der Waals surface area (Å²) in [5, 5.41) is 0.463. The van der Waals surface area contributed by atoms with Crippen molar-refractivity contribution >= 4 is 10.9 Å². The van der Waals surface area contributed by atoms with Crippen LogP contribution in [0.3, 0.4) is 0 Å². The summed E-state index contributed by atoms with van der Waals surface area (Å²) < 4.78 is 16.0. The molecule has 1 atom stereocenters. The number of benzene rings is 1. The molecular formula is C21H16FN3O.